The fraction of sp³-hybridized carbons (Fsp3) is 0.929. The highest BCUT2D eigenvalue weighted by atomic mass is 16.8. The molecule has 866 valence electrons. The highest BCUT2D eigenvalue weighted by molar-refractivity contribution is 5.75. The zero-order valence-corrected chi connectivity index (χ0v) is 81.1. The molecule has 12 aliphatic heterocycles. The molecule has 0 aromatic rings. The highest BCUT2D eigenvalue weighted by Gasteiger charge is 2.64. The second-order valence-corrected chi connectivity index (χ2v) is 38.1. The van der Waals surface area contributed by atoms with Crippen molar-refractivity contribution < 1.29 is 296 Å². The molecule has 6 amide bonds. The molecule has 150 heavy (non-hydrogen) atoms. The molecule has 0 saturated carbocycles. The first-order valence-corrected chi connectivity index (χ1v) is 48.0. The summed E-state index contributed by atoms with van der Waals surface area (Å²) in [5, 5.41) is 368. The summed E-state index contributed by atoms with van der Waals surface area (Å²) in [7, 11) is 0. The number of aliphatic hydroxyl groups excluding tert-OH is 31. The van der Waals surface area contributed by atoms with Gasteiger partial charge in [0, 0.05) is 41.5 Å². The Bertz CT molecular complexity index is 4250. The van der Waals surface area contributed by atoms with Crippen LogP contribution in [0.4, 0.5) is 0 Å². The summed E-state index contributed by atoms with van der Waals surface area (Å²) in [5.74, 6) is -5.85. The predicted octanol–water partition coefficient (Wildman–Crippen LogP) is -25.3. The topological polar surface area (TPSA) is 1010 Å². The average molecular weight is 2190 g/mol. The van der Waals surface area contributed by atoms with Gasteiger partial charge in [-0.25, -0.2) is 0 Å². The standard InChI is InChI=1S/C84H140N6O60/c1-19-43(106)56(119)60(123)79(130-19)150-71-58(121)47(110)29(11-94)135-83(71)146-67-33(15-98)137-77(41(55(67)118)89-24(6)104)143-68-34(16-99)139-84(72(62(68)125)149-75-39(87-22(4)102)51(114)45(108)27(9-92)133-75)147-69-49(112)36(140-81(63(69)126)145-66-32(14-97)136-76(40(53(66)116)88-23(5)103)142-64-30(12-95)131-73(127)37(52(64)115)85-20(2)100)18-129-82-70(59(122)48(111)35(141-82)17-128-74-38(86-21(3)101)50(113)44(107)26(8-91)132-74)148-78-42(90-25(7)105)54(117)65(31(13-96)138-78)144-80-61(124)57(120)46(109)28(10-93)134-80/h19,26-84,91-99,106-127H,8-18H2,1-7H3,(H,85,100)(H,86,101)(H,87,102)(H,88,103)(H,89,104)(H,90,105)/t19-,26+,27+,28+,29+,30+,31+,32+,33+,34+,35+,36+,37+,38+,39+,40+,41+,42+,43+,44+,45+,46-,47-,48+,49+,50+,51+,52+,53+,54+,55+,56+,57-,58-,59-,60-,61+,62-,63-,64+,65+,66+,67+,68+,69-,70-,71+,72-,73+,74+,75-,76-,77-,78-,79-,80-,81-,82-,83-,84+/m0/s1. The molecule has 12 fully saturated rings. The maximum absolute atomic E-state index is 13.4. The fourth-order valence-electron chi connectivity index (χ4n) is 19.5. The summed E-state index contributed by atoms with van der Waals surface area (Å²) >= 11 is 0. The van der Waals surface area contributed by atoms with Crippen molar-refractivity contribution in [1.29, 1.82) is 0 Å². The molecular formula is C84H140N6O60. The number of rotatable bonds is 39. The third kappa shape index (κ3) is 27.5. The zero-order chi connectivity index (χ0) is 110. The molecule has 0 radical (unpaired) electrons. The highest BCUT2D eigenvalue weighted by Crippen LogP contribution is 2.43. The Labute approximate surface area is 849 Å². The van der Waals surface area contributed by atoms with Crippen LogP contribution in [0.15, 0.2) is 0 Å². The van der Waals surface area contributed by atoms with Gasteiger partial charge in [-0.2, -0.15) is 0 Å². The van der Waals surface area contributed by atoms with E-state index < -0.39 is 476 Å². The molecule has 12 heterocycles. The number of hydrogen-bond acceptors (Lipinski definition) is 60. The summed E-state index contributed by atoms with van der Waals surface area (Å²) in [6.07, 6.45) is -118. The minimum atomic E-state index is -2.80. The van der Waals surface area contributed by atoms with Gasteiger partial charge in [-0.15, -0.1) is 0 Å². The van der Waals surface area contributed by atoms with E-state index in [9.17, 15) is 187 Å². The lowest BCUT2D eigenvalue weighted by Gasteiger charge is -2.52. The van der Waals surface area contributed by atoms with E-state index in [2.05, 4.69) is 31.9 Å². The van der Waals surface area contributed by atoms with Crippen molar-refractivity contribution in [2.75, 3.05) is 72.7 Å². The Balaban J connectivity index is 0.935. The number of nitrogens with one attached hydrogen (secondary N) is 6. The predicted molar refractivity (Wildman–Crippen MR) is 463 cm³/mol. The molecule has 12 rings (SSSR count). The van der Waals surface area contributed by atoms with Crippen molar-refractivity contribution in [2.24, 2.45) is 0 Å². The van der Waals surface area contributed by atoms with E-state index in [-0.39, 0.29) is 0 Å². The van der Waals surface area contributed by atoms with Crippen molar-refractivity contribution >= 4 is 35.4 Å². The van der Waals surface area contributed by atoms with E-state index >= 15 is 0 Å². The molecule has 12 aliphatic rings. The van der Waals surface area contributed by atoms with Crippen LogP contribution in [-0.4, -0.2) is 635 Å². The van der Waals surface area contributed by atoms with Gasteiger partial charge in [-0.05, 0) is 6.92 Å². The average Bonchev–Trinajstić information content (AvgIpc) is 0.751. The zero-order valence-electron chi connectivity index (χ0n) is 81.1. The normalized spacial score (nSPS) is 48.8. The number of hydrogen-bond donors (Lipinski definition) is 37. The van der Waals surface area contributed by atoms with Crippen LogP contribution in [0.3, 0.4) is 0 Å². The summed E-state index contributed by atoms with van der Waals surface area (Å²) < 4.78 is 140. The Morgan fingerprint density at radius 2 is 0.413 bits per heavy atom. The van der Waals surface area contributed by atoms with Gasteiger partial charge in [0.05, 0.1) is 78.8 Å². The molecule has 0 unspecified atom stereocenters. The molecule has 0 aromatic heterocycles. The van der Waals surface area contributed by atoms with Gasteiger partial charge in [0.2, 0.25) is 35.4 Å². The Morgan fingerprint density at radius 3 is 0.813 bits per heavy atom. The molecule has 0 aromatic carbocycles. The second kappa shape index (κ2) is 54.0. The minimum absolute atomic E-state index is 0.846. The van der Waals surface area contributed by atoms with Gasteiger partial charge in [-0.1, -0.05) is 0 Å². The number of aliphatic hydroxyl groups is 31. The van der Waals surface area contributed by atoms with E-state index in [1.807, 2.05) is 0 Å². The van der Waals surface area contributed by atoms with Crippen molar-refractivity contribution in [3.05, 3.63) is 0 Å². The van der Waals surface area contributed by atoms with Gasteiger partial charge in [0.1, 0.15) is 287 Å². The number of amides is 6. The molecule has 66 heteroatoms. The third-order valence-electron chi connectivity index (χ3n) is 27.4. The molecule has 66 nitrogen and oxygen atoms in total. The monoisotopic (exact) mass is 2190 g/mol. The fourth-order valence-corrected chi connectivity index (χ4v) is 19.5. The van der Waals surface area contributed by atoms with Crippen LogP contribution >= 0.6 is 0 Å². The lowest BCUT2D eigenvalue weighted by atomic mass is 9.93. The van der Waals surface area contributed by atoms with E-state index in [0.717, 1.165) is 41.5 Å². The molecule has 0 spiro atoms. The summed E-state index contributed by atoms with van der Waals surface area (Å²) in [5.41, 5.74) is 0. The first-order chi connectivity index (χ1) is 70.9. The lowest BCUT2D eigenvalue weighted by Crippen LogP contribution is -2.71. The van der Waals surface area contributed by atoms with Crippen molar-refractivity contribution in [3.63, 3.8) is 0 Å². The maximum atomic E-state index is 13.4. The first-order valence-electron chi connectivity index (χ1n) is 48.0. The molecular weight excluding hydrogens is 2050 g/mol. The molecule has 0 aliphatic carbocycles. The van der Waals surface area contributed by atoms with Crippen LogP contribution in [0.2, 0.25) is 0 Å². The van der Waals surface area contributed by atoms with Crippen LogP contribution in [0.1, 0.15) is 48.5 Å². The van der Waals surface area contributed by atoms with Crippen LogP contribution < -0.4 is 31.9 Å². The van der Waals surface area contributed by atoms with E-state index in [1.165, 1.54) is 6.92 Å². The molecule has 0 bridgehead atoms. The Hall–Kier alpha value is -5.34. The van der Waals surface area contributed by atoms with Gasteiger partial charge < -0.3 is 299 Å². The smallest absolute Gasteiger partial charge is 0.217 e. The van der Waals surface area contributed by atoms with Crippen molar-refractivity contribution in [2.45, 2.75) is 417 Å². The van der Waals surface area contributed by atoms with Crippen LogP contribution in [-0.2, 0) is 138 Å². The molecule has 12 saturated heterocycles. The maximum Gasteiger partial charge on any atom is 0.217 e. The number of carbonyl (C=O) groups excluding carboxylic acids is 6. The Kier molecular flexibility index (Phi) is 44.4. The van der Waals surface area contributed by atoms with Gasteiger partial charge in [0.25, 0.3) is 0 Å². The first kappa shape index (κ1) is 123. The quantitative estimate of drug-likeness (QED) is 0.0272. The minimum Gasteiger partial charge on any atom is -0.394 e. The molecule has 60 atom stereocenters. The number of ether oxygens (including phenoxy) is 23. The SMILES string of the molecule is CC(=O)N[C@@H]1[C@@H](O)[C@H](O[C@@H]2O[C@H](CO)[C@@H](O[C@@H]3O[C@H](CO[C@H]4O[C@H](CO[C@@H]5O[C@H](CO)[C@@H](O)[C@H](O)[C@H]5NC(C)=O)[C@@H](O)[C@H](O)[C@@H]4O[C@@H]4O[C@H](CO)[C@@H](O[C@@H]5O[C@H](CO)[C@H](O)[C@H](O)[C@H]5O)[C@H](O)[C@H]4NC(C)=O)[C@@H](O)[C@H](O[C@H]4O[C@H](CO)[C@@H](O[C@@H]5O[C@H](CO)[C@@H](O[C@@H]6O[C@H](CO)[C@H](O)[C@H](O)[C@H]6O[C@@H]6O[C@@H](C)[C@@H](O)[C@@H](O)[C@@H]6O)[C@H](O)[C@H]5NC(C)=O)[C@H](O)[C@@H]4O[C@@H]4O[C@H](CO)[C@@H](O)[C@H](O)[C@H]4NC(C)=O)[C@@H]3O)[C@H](O)[C@H]2NC(C)=O)[C@@H](CO)O[C@H]1O. The van der Waals surface area contributed by atoms with Crippen LogP contribution in [0, 0.1) is 0 Å². The van der Waals surface area contributed by atoms with E-state index in [0.29, 0.717) is 0 Å². The van der Waals surface area contributed by atoms with E-state index in [4.69, 9.17) is 109 Å². The van der Waals surface area contributed by atoms with Gasteiger partial charge in [-0.3, -0.25) is 28.8 Å². The summed E-state index contributed by atoms with van der Waals surface area (Å²) in [6, 6.07) is -11.8. The van der Waals surface area contributed by atoms with Crippen molar-refractivity contribution in [1.82, 2.24) is 31.9 Å². The van der Waals surface area contributed by atoms with Crippen LogP contribution in [0.5, 0.6) is 0 Å². The third-order valence-corrected chi connectivity index (χ3v) is 27.4. The Morgan fingerprint density at radius 1 is 0.187 bits per heavy atom. The molecule has 37 N–H and O–H groups in total. The van der Waals surface area contributed by atoms with Crippen molar-refractivity contribution in [3.8, 4) is 0 Å². The van der Waals surface area contributed by atoms with Gasteiger partial charge in [0.15, 0.2) is 75.5 Å². The largest absolute Gasteiger partial charge is 0.394 e. The van der Waals surface area contributed by atoms with E-state index in [1.54, 1.807) is 0 Å². The summed E-state index contributed by atoms with van der Waals surface area (Å²) in [4.78, 5) is 78.2. The number of carbonyl (C=O) groups is 6. The summed E-state index contributed by atoms with van der Waals surface area (Å²) in [6.45, 7) is -6.42. The second-order valence-electron chi connectivity index (χ2n) is 38.1. The lowest BCUT2D eigenvalue weighted by molar-refractivity contribution is -0.406. The van der Waals surface area contributed by atoms with Crippen LogP contribution in [0.25, 0.3) is 0 Å². The van der Waals surface area contributed by atoms with Gasteiger partial charge >= 0.3 is 0 Å².